The summed E-state index contributed by atoms with van der Waals surface area (Å²) in [5.41, 5.74) is 1.50. The number of amides is 2. The fourth-order valence-electron chi connectivity index (χ4n) is 2.83. The third kappa shape index (κ3) is 7.57. The number of carbonyl (C=O) groups is 3. The molecule has 2 amide bonds. The van der Waals surface area contributed by atoms with Gasteiger partial charge in [-0.15, -0.1) is 0 Å². The van der Waals surface area contributed by atoms with Crippen molar-refractivity contribution in [2.24, 2.45) is 5.92 Å². The van der Waals surface area contributed by atoms with Gasteiger partial charge in [-0.3, -0.25) is 4.79 Å². The highest BCUT2D eigenvalue weighted by atomic mass is 16.5. The number of ether oxygens (including phenoxy) is 2. The van der Waals surface area contributed by atoms with Crippen LogP contribution in [0.25, 0.3) is 0 Å². The standard InChI is InChI=1S/C21H28N4O5/c1-14(2)9-17(25-21(28)30-12-15-7-5-4-6-8-15)19(26)24-18(20(27)29-3)10-16-11-22-13-23-16/h4-8,11,13-14,17-18H,9-10,12H2,1-3H3,(H,22,23)(H,24,26)(H,25,28)/t17-,18-/m0/s1. The number of alkyl carbamates (subject to hydrolysis) is 1. The van der Waals surface area contributed by atoms with Gasteiger partial charge in [-0.1, -0.05) is 44.2 Å². The monoisotopic (exact) mass is 416 g/mol. The molecule has 1 aromatic carbocycles. The number of nitrogens with zero attached hydrogens (tertiary/aromatic N) is 1. The Morgan fingerprint density at radius 3 is 2.43 bits per heavy atom. The summed E-state index contributed by atoms with van der Waals surface area (Å²) in [7, 11) is 1.25. The number of hydrogen-bond donors (Lipinski definition) is 3. The zero-order chi connectivity index (χ0) is 21.9. The average molecular weight is 416 g/mol. The Hall–Kier alpha value is -3.36. The number of esters is 1. The van der Waals surface area contributed by atoms with Crippen LogP contribution in [0.4, 0.5) is 4.79 Å². The largest absolute Gasteiger partial charge is 0.467 e. The molecule has 162 valence electrons. The fourth-order valence-corrected chi connectivity index (χ4v) is 2.83. The highest BCUT2D eigenvalue weighted by Gasteiger charge is 2.28. The molecule has 0 unspecified atom stereocenters. The Kier molecular flexibility index (Phi) is 8.86. The summed E-state index contributed by atoms with van der Waals surface area (Å²) in [6, 6.07) is 7.45. The summed E-state index contributed by atoms with van der Waals surface area (Å²) in [5, 5.41) is 5.25. The summed E-state index contributed by atoms with van der Waals surface area (Å²) in [4.78, 5) is 44.0. The first-order chi connectivity index (χ1) is 14.4. The van der Waals surface area contributed by atoms with Crippen LogP contribution >= 0.6 is 0 Å². The van der Waals surface area contributed by atoms with Crippen LogP contribution in [0.2, 0.25) is 0 Å². The van der Waals surface area contributed by atoms with Crippen molar-refractivity contribution in [2.75, 3.05) is 7.11 Å². The zero-order valence-electron chi connectivity index (χ0n) is 17.4. The lowest BCUT2D eigenvalue weighted by Gasteiger charge is -2.23. The Morgan fingerprint density at radius 2 is 1.83 bits per heavy atom. The number of hydrogen-bond acceptors (Lipinski definition) is 6. The van der Waals surface area contributed by atoms with E-state index in [4.69, 9.17) is 9.47 Å². The number of methoxy groups -OCH3 is 1. The molecule has 2 aromatic rings. The van der Waals surface area contributed by atoms with Gasteiger partial charge >= 0.3 is 12.1 Å². The molecule has 0 bridgehead atoms. The molecule has 9 nitrogen and oxygen atoms in total. The van der Waals surface area contributed by atoms with Gasteiger partial charge in [-0.2, -0.15) is 0 Å². The van der Waals surface area contributed by atoms with Crippen LogP contribution in [-0.2, 0) is 32.1 Å². The zero-order valence-corrected chi connectivity index (χ0v) is 17.4. The van der Waals surface area contributed by atoms with E-state index in [1.165, 1.54) is 13.4 Å². The summed E-state index contributed by atoms with van der Waals surface area (Å²) in [6.45, 7) is 3.95. The van der Waals surface area contributed by atoms with Crippen LogP contribution in [0.3, 0.4) is 0 Å². The van der Waals surface area contributed by atoms with Crippen LogP contribution in [-0.4, -0.2) is 47.1 Å². The molecule has 0 fully saturated rings. The van der Waals surface area contributed by atoms with Gasteiger partial charge in [0.15, 0.2) is 0 Å². The number of aromatic nitrogens is 2. The minimum Gasteiger partial charge on any atom is -0.467 e. The molecule has 0 aliphatic carbocycles. The van der Waals surface area contributed by atoms with Gasteiger partial charge in [0.05, 0.1) is 13.4 Å². The van der Waals surface area contributed by atoms with Gasteiger partial charge < -0.3 is 25.1 Å². The van der Waals surface area contributed by atoms with Crippen molar-refractivity contribution in [3.63, 3.8) is 0 Å². The smallest absolute Gasteiger partial charge is 0.408 e. The molecule has 0 spiro atoms. The molecule has 3 N–H and O–H groups in total. The quantitative estimate of drug-likeness (QED) is 0.509. The van der Waals surface area contributed by atoms with Crippen molar-refractivity contribution in [3.8, 4) is 0 Å². The van der Waals surface area contributed by atoms with Crippen LogP contribution in [0.5, 0.6) is 0 Å². The van der Waals surface area contributed by atoms with Crippen molar-refractivity contribution in [1.29, 1.82) is 0 Å². The van der Waals surface area contributed by atoms with Gasteiger partial charge in [0.2, 0.25) is 5.91 Å². The van der Waals surface area contributed by atoms with E-state index >= 15 is 0 Å². The van der Waals surface area contributed by atoms with Crippen LogP contribution in [0, 0.1) is 5.92 Å². The second-order valence-corrected chi connectivity index (χ2v) is 7.25. The molecule has 2 atom stereocenters. The number of H-pyrrole nitrogens is 1. The number of benzene rings is 1. The molecule has 1 aromatic heterocycles. The topological polar surface area (TPSA) is 122 Å². The highest BCUT2D eigenvalue weighted by molar-refractivity contribution is 5.89. The average Bonchev–Trinajstić information content (AvgIpc) is 3.24. The van der Waals surface area contributed by atoms with Gasteiger partial charge in [0.1, 0.15) is 18.7 Å². The summed E-state index contributed by atoms with van der Waals surface area (Å²) >= 11 is 0. The molecule has 2 rings (SSSR count). The van der Waals surface area contributed by atoms with E-state index in [1.807, 2.05) is 44.2 Å². The van der Waals surface area contributed by atoms with E-state index in [9.17, 15) is 14.4 Å². The first-order valence-electron chi connectivity index (χ1n) is 9.71. The fraction of sp³-hybridized carbons (Fsp3) is 0.429. The summed E-state index contributed by atoms with van der Waals surface area (Å²) in [6.07, 6.45) is 2.91. The molecular weight excluding hydrogens is 388 g/mol. The Labute approximate surface area is 175 Å². The molecule has 0 saturated heterocycles. The number of carbonyl (C=O) groups excluding carboxylic acids is 3. The van der Waals surface area contributed by atoms with Gasteiger partial charge in [0, 0.05) is 18.3 Å². The van der Waals surface area contributed by atoms with E-state index in [2.05, 4.69) is 20.6 Å². The SMILES string of the molecule is COC(=O)[C@H](Cc1cnc[nH]1)NC(=O)[C@H](CC(C)C)NC(=O)OCc1ccccc1. The van der Waals surface area contributed by atoms with E-state index in [1.54, 1.807) is 6.20 Å². The van der Waals surface area contributed by atoms with Crippen molar-refractivity contribution < 1.29 is 23.9 Å². The third-order valence-electron chi connectivity index (χ3n) is 4.31. The molecule has 1 heterocycles. The molecule has 0 saturated carbocycles. The first-order valence-corrected chi connectivity index (χ1v) is 9.71. The molecule has 0 aliphatic heterocycles. The third-order valence-corrected chi connectivity index (χ3v) is 4.31. The second kappa shape index (κ2) is 11.6. The van der Waals surface area contributed by atoms with E-state index in [0.717, 1.165) is 5.56 Å². The van der Waals surface area contributed by atoms with E-state index in [0.29, 0.717) is 12.1 Å². The Balaban J connectivity index is 1.99. The number of nitrogens with one attached hydrogen (secondary N) is 3. The number of imidazole rings is 1. The summed E-state index contributed by atoms with van der Waals surface area (Å²) < 4.78 is 10.0. The minimum atomic E-state index is -0.917. The first kappa shape index (κ1) is 22.9. The van der Waals surface area contributed by atoms with E-state index in [-0.39, 0.29) is 18.9 Å². The van der Waals surface area contributed by atoms with Crippen molar-refractivity contribution >= 4 is 18.0 Å². The molecule has 0 radical (unpaired) electrons. The molecule has 9 heteroatoms. The molecule has 30 heavy (non-hydrogen) atoms. The minimum absolute atomic E-state index is 0.0906. The lowest BCUT2D eigenvalue weighted by atomic mass is 10.0. The van der Waals surface area contributed by atoms with E-state index < -0.39 is 30.1 Å². The van der Waals surface area contributed by atoms with Gasteiger partial charge in [-0.25, -0.2) is 14.6 Å². The second-order valence-electron chi connectivity index (χ2n) is 7.25. The predicted octanol–water partition coefficient (Wildman–Crippen LogP) is 1.95. The Morgan fingerprint density at radius 1 is 1.10 bits per heavy atom. The lowest BCUT2D eigenvalue weighted by molar-refractivity contribution is -0.145. The van der Waals surface area contributed by atoms with Crippen molar-refractivity contribution in [2.45, 2.75) is 45.4 Å². The molecule has 0 aliphatic rings. The maximum Gasteiger partial charge on any atom is 0.408 e. The van der Waals surface area contributed by atoms with Crippen LogP contribution < -0.4 is 10.6 Å². The maximum atomic E-state index is 12.8. The number of rotatable bonds is 10. The maximum absolute atomic E-state index is 12.8. The number of aromatic amines is 1. The normalized spacial score (nSPS) is 12.7. The Bertz CT molecular complexity index is 808. The van der Waals surface area contributed by atoms with Gasteiger partial charge in [-0.05, 0) is 17.9 Å². The molecular formula is C21H28N4O5. The van der Waals surface area contributed by atoms with Crippen LogP contribution in [0.15, 0.2) is 42.9 Å². The predicted molar refractivity (Wildman–Crippen MR) is 109 cm³/mol. The summed E-state index contributed by atoms with van der Waals surface area (Å²) in [5.74, 6) is -0.956. The van der Waals surface area contributed by atoms with Gasteiger partial charge in [0.25, 0.3) is 0 Å². The highest BCUT2D eigenvalue weighted by Crippen LogP contribution is 2.08. The lowest BCUT2D eigenvalue weighted by Crippen LogP contribution is -2.53. The van der Waals surface area contributed by atoms with Crippen molar-refractivity contribution in [1.82, 2.24) is 20.6 Å². The van der Waals surface area contributed by atoms with Crippen molar-refractivity contribution in [3.05, 3.63) is 54.1 Å². The van der Waals surface area contributed by atoms with Crippen LogP contribution in [0.1, 0.15) is 31.5 Å².